The summed E-state index contributed by atoms with van der Waals surface area (Å²) in [4.78, 5) is 16.9. The molecule has 1 aliphatic heterocycles. The lowest BCUT2D eigenvalue weighted by atomic mass is 9.90. The second kappa shape index (κ2) is 11.4. The zero-order chi connectivity index (χ0) is 27.6. The van der Waals surface area contributed by atoms with Crippen molar-refractivity contribution in [3.05, 3.63) is 48.0 Å². The van der Waals surface area contributed by atoms with Crippen LogP contribution in [-0.2, 0) is 14.2 Å². The largest absolute Gasteiger partial charge is 0.491 e. The minimum absolute atomic E-state index is 0.0476. The molecule has 0 radical (unpaired) electrons. The second-order valence-corrected chi connectivity index (χ2v) is 11.5. The summed E-state index contributed by atoms with van der Waals surface area (Å²) in [6.07, 6.45) is 4.75. The summed E-state index contributed by atoms with van der Waals surface area (Å²) in [7, 11) is 1.80. The number of aliphatic imine (C=N–C) groups is 1. The fourth-order valence-corrected chi connectivity index (χ4v) is 4.84. The summed E-state index contributed by atoms with van der Waals surface area (Å²) < 4.78 is 24.9. The van der Waals surface area contributed by atoms with E-state index in [4.69, 9.17) is 18.9 Å². The second-order valence-electron chi connectivity index (χ2n) is 11.5. The Morgan fingerprint density at radius 2 is 1.97 bits per heavy atom. The van der Waals surface area contributed by atoms with Crippen molar-refractivity contribution in [3.63, 3.8) is 0 Å². The molecule has 39 heavy (non-hydrogen) atoms. The quantitative estimate of drug-likeness (QED) is 0.321. The van der Waals surface area contributed by atoms with Crippen LogP contribution in [0.15, 0.2) is 47.5 Å². The maximum atomic E-state index is 12.5. The van der Waals surface area contributed by atoms with Crippen LogP contribution in [-0.4, -0.2) is 56.1 Å². The normalized spacial score (nSPS) is 18.8. The SMILES string of the molecule is CN=Cc1c(-c2ccc(NC(=O)OC(C)C(C)(C)C)cc2)n(C2CCC2)c2ccc(OCC3COCO3)cc12. The van der Waals surface area contributed by atoms with Gasteiger partial charge in [-0.1, -0.05) is 32.9 Å². The third-order valence-corrected chi connectivity index (χ3v) is 7.75. The Balaban J connectivity index is 1.45. The summed E-state index contributed by atoms with van der Waals surface area (Å²) in [5.41, 5.74) is 4.98. The number of ether oxygens (including phenoxy) is 4. The summed E-state index contributed by atoms with van der Waals surface area (Å²) >= 11 is 0. The number of hydrogen-bond acceptors (Lipinski definition) is 6. The van der Waals surface area contributed by atoms with Crippen LogP contribution in [0.1, 0.15) is 58.6 Å². The van der Waals surface area contributed by atoms with Gasteiger partial charge in [-0.25, -0.2) is 4.79 Å². The lowest BCUT2D eigenvalue weighted by Gasteiger charge is -2.30. The van der Waals surface area contributed by atoms with Gasteiger partial charge < -0.3 is 23.5 Å². The van der Waals surface area contributed by atoms with Crippen molar-refractivity contribution < 1.29 is 23.7 Å². The highest BCUT2D eigenvalue weighted by Crippen LogP contribution is 2.43. The molecule has 1 amide bonds. The average molecular weight is 534 g/mol. The molecule has 1 aromatic heterocycles. The molecule has 5 rings (SSSR count). The number of hydrogen-bond donors (Lipinski definition) is 1. The summed E-state index contributed by atoms with van der Waals surface area (Å²) in [5, 5.41) is 3.97. The van der Waals surface area contributed by atoms with E-state index >= 15 is 0 Å². The molecule has 2 heterocycles. The zero-order valence-corrected chi connectivity index (χ0v) is 23.5. The molecule has 8 heteroatoms. The minimum atomic E-state index is -0.449. The maximum absolute atomic E-state index is 12.5. The van der Waals surface area contributed by atoms with Crippen LogP contribution in [0.5, 0.6) is 5.75 Å². The van der Waals surface area contributed by atoms with Gasteiger partial charge in [0.1, 0.15) is 31.4 Å². The molecule has 1 saturated heterocycles. The summed E-state index contributed by atoms with van der Waals surface area (Å²) in [5.74, 6) is 0.795. The molecular weight excluding hydrogens is 494 g/mol. The van der Waals surface area contributed by atoms with Gasteiger partial charge in [0.05, 0.1) is 12.3 Å². The predicted molar refractivity (Wildman–Crippen MR) is 154 cm³/mol. The Labute approximate surface area is 230 Å². The molecular formula is C31H39N3O5. The van der Waals surface area contributed by atoms with Crippen molar-refractivity contribution >= 4 is 28.9 Å². The van der Waals surface area contributed by atoms with Gasteiger partial charge in [-0.05, 0) is 67.5 Å². The van der Waals surface area contributed by atoms with Crippen LogP contribution in [0.3, 0.4) is 0 Å². The van der Waals surface area contributed by atoms with Crippen molar-refractivity contribution in [1.82, 2.24) is 4.57 Å². The summed E-state index contributed by atoms with van der Waals surface area (Å²) in [6.45, 7) is 9.38. The van der Waals surface area contributed by atoms with Crippen LogP contribution < -0.4 is 10.1 Å². The molecule has 3 aromatic rings. The van der Waals surface area contributed by atoms with E-state index < -0.39 is 6.09 Å². The molecule has 0 spiro atoms. The third-order valence-electron chi connectivity index (χ3n) is 7.75. The van der Waals surface area contributed by atoms with E-state index in [9.17, 15) is 4.79 Å². The van der Waals surface area contributed by atoms with Gasteiger partial charge in [0.25, 0.3) is 0 Å². The van der Waals surface area contributed by atoms with E-state index in [1.807, 2.05) is 64.2 Å². The van der Waals surface area contributed by atoms with Gasteiger partial charge in [0.2, 0.25) is 0 Å². The molecule has 2 aromatic carbocycles. The summed E-state index contributed by atoms with van der Waals surface area (Å²) in [6, 6.07) is 14.7. The van der Waals surface area contributed by atoms with E-state index in [0.717, 1.165) is 40.8 Å². The lowest BCUT2D eigenvalue weighted by molar-refractivity contribution is 0.0320. The Morgan fingerprint density at radius 3 is 2.59 bits per heavy atom. The number of aromatic nitrogens is 1. The Morgan fingerprint density at radius 1 is 1.21 bits per heavy atom. The number of carbonyl (C=O) groups is 1. The van der Waals surface area contributed by atoms with Crippen molar-refractivity contribution in [3.8, 4) is 17.0 Å². The number of anilines is 1. The first kappa shape index (κ1) is 27.2. The van der Waals surface area contributed by atoms with E-state index in [-0.39, 0.29) is 17.6 Å². The third kappa shape index (κ3) is 5.97. The molecule has 2 aliphatic rings. The molecule has 1 N–H and O–H groups in total. The highest BCUT2D eigenvalue weighted by molar-refractivity contribution is 6.07. The van der Waals surface area contributed by atoms with Gasteiger partial charge in [0.15, 0.2) is 0 Å². The number of nitrogens with zero attached hydrogens (tertiary/aromatic N) is 2. The number of nitrogens with one attached hydrogen (secondary N) is 1. The number of rotatable bonds is 8. The van der Waals surface area contributed by atoms with Gasteiger partial charge in [-0.15, -0.1) is 0 Å². The lowest BCUT2D eigenvalue weighted by Crippen LogP contribution is -2.30. The molecule has 2 atom stereocenters. The van der Waals surface area contributed by atoms with Gasteiger partial charge in [-0.3, -0.25) is 10.3 Å². The molecule has 208 valence electrons. The first-order valence-electron chi connectivity index (χ1n) is 13.7. The van der Waals surface area contributed by atoms with Crippen LogP contribution in [0.4, 0.5) is 10.5 Å². The standard InChI is InChI=1S/C31H39N3O5/c1-20(31(2,3)4)39-30(35)33-22-11-9-21(10-12-22)29-27(16-32-5)26-15-24(37-18-25-17-36-19-38-25)13-14-28(26)34(29)23-7-6-8-23/h9-16,20,23,25H,6-8,17-19H2,1-5H3,(H,33,35). The van der Waals surface area contributed by atoms with Crippen LogP contribution in [0.2, 0.25) is 0 Å². The molecule has 0 bridgehead atoms. The van der Waals surface area contributed by atoms with Crippen LogP contribution in [0.25, 0.3) is 22.2 Å². The van der Waals surface area contributed by atoms with Crippen molar-refractivity contribution in [2.24, 2.45) is 10.4 Å². The smallest absolute Gasteiger partial charge is 0.411 e. The van der Waals surface area contributed by atoms with Crippen molar-refractivity contribution in [2.75, 3.05) is 32.4 Å². The fourth-order valence-electron chi connectivity index (χ4n) is 4.84. The average Bonchev–Trinajstić information content (AvgIpc) is 3.49. The number of benzene rings is 2. The molecule has 1 saturated carbocycles. The molecule has 1 aliphatic carbocycles. The first-order chi connectivity index (χ1) is 18.7. The first-order valence-corrected chi connectivity index (χ1v) is 13.7. The highest BCUT2D eigenvalue weighted by atomic mass is 16.7. The fraction of sp³-hybridized carbons (Fsp3) is 0.484. The van der Waals surface area contributed by atoms with E-state index in [1.165, 1.54) is 11.9 Å². The molecule has 2 fully saturated rings. The number of fused-ring (bicyclic) bond motifs is 1. The van der Waals surface area contributed by atoms with Crippen LogP contribution in [0, 0.1) is 5.41 Å². The van der Waals surface area contributed by atoms with Gasteiger partial charge >= 0.3 is 6.09 Å². The zero-order valence-electron chi connectivity index (χ0n) is 23.5. The monoisotopic (exact) mass is 533 g/mol. The molecule has 8 nitrogen and oxygen atoms in total. The topological polar surface area (TPSA) is 83.3 Å². The molecule has 2 unspecified atom stereocenters. The van der Waals surface area contributed by atoms with Crippen molar-refractivity contribution in [1.29, 1.82) is 0 Å². The Hall–Kier alpha value is -3.36. The predicted octanol–water partition coefficient (Wildman–Crippen LogP) is 6.82. The van der Waals surface area contributed by atoms with E-state index in [1.54, 1.807) is 7.05 Å². The Kier molecular flexibility index (Phi) is 7.96. The Bertz CT molecular complexity index is 1330. The van der Waals surface area contributed by atoms with Gasteiger partial charge in [-0.2, -0.15) is 0 Å². The van der Waals surface area contributed by atoms with Crippen LogP contribution >= 0.6 is 0 Å². The highest BCUT2D eigenvalue weighted by Gasteiger charge is 2.28. The van der Waals surface area contributed by atoms with E-state index in [2.05, 4.69) is 27.0 Å². The minimum Gasteiger partial charge on any atom is -0.491 e. The maximum Gasteiger partial charge on any atom is 0.411 e. The number of amides is 1. The van der Waals surface area contributed by atoms with Crippen molar-refractivity contribution in [2.45, 2.75) is 65.2 Å². The van der Waals surface area contributed by atoms with Gasteiger partial charge in [0, 0.05) is 41.5 Å². The van der Waals surface area contributed by atoms with E-state index in [0.29, 0.717) is 31.7 Å². The number of carbonyl (C=O) groups excluding carboxylic acids is 1.